The van der Waals surface area contributed by atoms with Gasteiger partial charge in [0.25, 0.3) is 0 Å². The van der Waals surface area contributed by atoms with Crippen LogP contribution >= 0.6 is 0 Å². The zero-order chi connectivity index (χ0) is 27.6. The predicted molar refractivity (Wildman–Crippen MR) is 142 cm³/mol. The molecule has 1 spiro atoms. The minimum Gasteiger partial charge on any atom is -0.478 e. The minimum atomic E-state index is -4.49. The Bertz CT molecular complexity index is 1680. The normalized spacial score (nSPS) is 18.6. The number of hydrogen-bond acceptors (Lipinski definition) is 6. The van der Waals surface area contributed by atoms with E-state index in [0.717, 1.165) is 68.2 Å². The fraction of sp³-hybridized carbons (Fsp3) is 0.333. The Labute approximate surface area is 227 Å². The van der Waals surface area contributed by atoms with Gasteiger partial charge in [-0.05, 0) is 67.4 Å². The summed E-state index contributed by atoms with van der Waals surface area (Å²) in [5.74, 6) is 0.666. The van der Waals surface area contributed by atoms with Crippen molar-refractivity contribution in [2.75, 3.05) is 18.0 Å². The molecule has 3 heterocycles. The Hall–Kier alpha value is -4.21. The molecular weight excluding hydrogens is 521 g/mol. The minimum absolute atomic E-state index is 0.0224. The second-order valence-corrected chi connectivity index (χ2v) is 11.0. The molecule has 1 saturated heterocycles. The number of alkyl halides is 3. The monoisotopic (exact) mass is 546 g/mol. The Morgan fingerprint density at radius 1 is 1.07 bits per heavy atom. The number of aromatic carboxylic acids is 1. The number of carbonyl (C=O) groups is 1. The van der Waals surface area contributed by atoms with Crippen molar-refractivity contribution in [1.29, 1.82) is 0 Å². The fourth-order valence-electron chi connectivity index (χ4n) is 6.03. The molecule has 0 bridgehead atoms. The molecule has 0 unspecified atom stereocenters. The largest absolute Gasteiger partial charge is 0.478 e. The lowest BCUT2D eigenvalue weighted by Crippen LogP contribution is -2.42. The van der Waals surface area contributed by atoms with Crippen LogP contribution in [0, 0.1) is 5.41 Å². The average molecular weight is 547 g/mol. The van der Waals surface area contributed by atoms with Gasteiger partial charge >= 0.3 is 12.1 Å². The molecule has 1 saturated carbocycles. The van der Waals surface area contributed by atoms with Crippen LogP contribution in [-0.4, -0.2) is 39.3 Å². The Morgan fingerprint density at radius 3 is 2.52 bits per heavy atom. The van der Waals surface area contributed by atoms with Crippen LogP contribution in [0.25, 0.3) is 27.9 Å². The van der Waals surface area contributed by atoms with Gasteiger partial charge in [-0.15, -0.1) is 0 Å². The maximum Gasteiger partial charge on any atom is 0.417 e. The Morgan fingerprint density at radius 2 is 1.82 bits per heavy atom. The van der Waals surface area contributed by atoms with E-state index in [0.29, 0.717) is 16.8 Å². The van der Waals surface area contributed by atoms with E-state index < -0.39 is 17.7 Å². The van der Waals surface area contributed by atoms with Crippen LogP contribution < -0.4 is 4.90 Å². The number of halogens is 3. The molecule has 2 aromatic carbocycles. The standard InChI is InChI=1S/C30H25F3N4O3/c31-30(32,33)21-4-2-1-3-20(21)26-25(27(40-36-26)17-5-6-17)19-14-29(15-19)9-11-37(12-10-29)24-16-34-23-13-18(28(38)39)7-8-22(23)35-24/h1-4,7-8,13-14,16-17H,5-6,9-12,15H2,(H,38,39). The van der Waals surface area contributed by atoms with Crippen molar-refractivity contribution in [3.8, 4) is 11.3 Å². The molecule has 204 valence electrons. The highest BCUT2D eigenvalue weighted by Gasteiger charge is 2.45. The predicted octanol–water partition coefficient (Wildman–Crippen LogP) is 6.95. The third-order valence-corrected chi connectivity index (χ3v) is 8.36. The smallest absolute Gasteiger partial charge is 0.417 e. The number of hydrogen-bond donors (Lipinski definition) is 1. The lowest BCUT2D eigenvalue weighted by molar-refractivity contribution is -0.137. The van der Waals surface area contributed by atoms with E-state index in [4.69, 9.17) is 9.51 Å². The molecule has 0 radical (unpaired) electrons. The Kier molecular flexibility index (Phi) is 5.52. The van der Waals surface area contributed by atoms with Crippen LogP contribution in [0.15, 0.2) is 59.3 Å². The van der Waals surface area contributed by atoms with Gasteiger partial charge in [0.2, 0.25) is 0 Å². The van der Waals surface area contributed by atoms with E-state index >= 15 is 0 Å². The lowest BCUT2D eigenvalue weighted by atomic mass is 9.63. The number of carboxylic acid groups (broad SMARTS) is 1. The summed E-state index contributed by atoms with van der Waals surface area (Å²) in [5, 5.41) is 13.4. The molecular formula is C30H25F3N4O3. The molecule has 2 aliphatic carbocycles. The molecule has 7 nitrogen and oxygen atoms in total. The van der Waals surface area contributed by atoms with Crippen LogP contribution in [0.2, 0.25) is 0 Å². The summed E-state index contributed by atoms with van der Waals surface area (Å²) in [6, 6.07) is 10.3. The van der Waals surface area contributed by atoms with Crippen molar-refractivity contribution in [2.24, 2.45) is 5.41 Å². The molecule has 40 heavy (non-hydrogen) atoms. The van der Waals surface area contributed by atoms with Crippen molar-refractivity contribution in [1.82, 2.24) is 15.1 Å². The third kappa shape index (κ3) is 4.22. The van der Waals surface area contributed by atoms with Gasteiger partial charge in [0.1, 0.15) is 17.3 Å². The van der Waals surface area contributed by atoms with Gasteiger partial charge < -0.3 is 14.5 Å². The van der Waals surface area contributed by atoms with Crippen LogP contribution in [-0.2, 0) is 6.18 Å². The summed E-state index contributed by atoms with van der Waals surface area (Å²) in [6.07, 6.45) is 3.86. The van der Waals surface area contributed by atoms with Crippen LogP contribution in [0.4, 0.5) is 19.0 Å². The molecule has 4 aromatic rings. The topological polar surface area (TPSA) is 92.3 Å². The van der Waals surface area contributed by atoms with Crippen molar-refractivity contribution in [3.05, 3.63) is 77.2 Å². The zero-order valence-corrected chi connectivity index (χ0v) is 21.4. The van der Waals surface area contributed by atoms with Crippen LogP contribution in [0.1, 0.15) is 65.3 Å². The van der Waals surface area contributed by atoms with Crippen molar-refractivity contribution >= 4 is 28.4 Å². The first kappa shape index (κ1) is 24.8. The highest BCUT2D eigenvalue weighted by molar-refractivity contribution is 5.92. The number of piperidine rings is 1. The lowest BCUT2D eigenvalue weighted by Gasteiger charge is -2.46. The number of nitrogens with zero attached hydrogens (tertiary/aromatic N) is 4. The van der Waals surface area contributed by atoms with E-state index in [1.54, 1.807) is 18.3 Å². The summed E-state index contributed by atoms with van der Waals surface area (Å²) in [4.78, 5) is 22.5. The molecule has 2 aromatic heterocycles. The number of aromatic nitrogens is 3. The highest BCUT2D eigenvalue weighted by Crippen LogP contribution is 2.56. The molecule has 10 heteroatoms. The second kappa shape index (κ2) is 8.90. The number of rotatable bonds is 5. The molecule has 0 atom stereocenters. The first-order chi connectivity index (χ1) is 19.2. The first-order valence-electron chi connectivity index (χ1n) is 13.3. The van der Waals surface area contributed by atoms with Crippen LogP contribution in [0.5, 0.6) is 0 Å². The van der Waals surface area contributed by atoms with Gasteiger partial charge in [-0.3, -0.25) is 4.98 Å². The van der Waals surface area contributed by atoms with Crippen molar-refractivity contribution < 1.29 is 27.6 Å². The van der Waals surface area contributed by atoms with E-state index in [9.17, 15) is 23.1 Å². The number of benzene rings is 2. The molecule has 3 aliphatic rings. The van der Waals surface area contributed by atoms with E-state index in [1.807, 2.05) is 0 Å². The summed E-state index contributed by atoms with van der Waals surface area (Å²) >= 11 is 0. The summed E-state index contributed by atoms with van der Waals surface area (Å²) < 4.78 is 47.2. The number of anilines is 1. The molecule has 2 fully saturated rings. The van der Waals surface area contributed by atoms with Gasteiger partial charge in [-0.2, -0.15) is 13.2 Å². The zero-order valence-electron chi connectivity index (χ0n) is 21.4. The highest BCUT2D eigenvalue weighted by atomic mass is 19.4. The molecule has 1 aliphatic heterocycles. The van der Waals surface area contributed by atoms with Gasteiger partial charge in [-0.25, -0.2) is 9.78 Å². The maximum atomic E-state index is 13.8. The van der Waals surface area contributed by atoms with Crippen molar-refractivity contribution in [3.63, 3.8) is 0 Å². The number of fused-ring (bicyclic) bond motifs is 1. The van der Waals surface area contributed by atoms with Crippen molar-refractivity contribution in [2.45, 2.75) is 44.2 Å². The summed E-state index contributed by atoms with van der Waals surface area (Å²) in [5.41, 5.74) is 2.72. The summed E-state index contributed by atoms with van der Waals surface area (Å²) in [6.45, 7) is 1.53. The SMILES string of the molecule is O=C(O)c1ccc2nc(N3CCC4(C=C(c5c(-c6ccccc6C(F)(F)F)noc5C5CC5)C4)CC3)cnc2c1. The van der Waals surface area contributed by atoms with Crippen LogP contribution in [0.3, 0.4) is 0 Å². The van der Waals surface area contributed by atoms with E-state index in [-0.39, 0.29) is 28.2 Å². The van der Waals surface area contributed by atoms with Gasteiger partial charge in [-0.1, -0.05) is 29.4 Å². The van der Waals surface area contributed by atoms with E-state index in [2.05, 4.69) is 21.1 Å². The van der Waals surface area contributed by atoms with Gasteiger partial charge in [0.05, 0.1) is 28.4 Å². The van der Waals surface area contributed by atoms with Gasteiger partial charge in [0.15, 0.2) is 0 Å². The first-order valence-corrected chi connectivity index (χ1v) is 13.3. The maximum absolute atomic E-state index is 13.8. The molecule has 0 amide bonds. The average Bonchev–Trinajstić information content (AvgIpc) is 3.69. The number of carboxylic acids is 1. The third-order valence-electron chi connectivity index (χ3n) is 8.36. The second-order valence-electron chi connectivity index (χ2n) is 11.0. The van der Waals surface area contributed by atoms with Gasteiger partial charge in [0, 0.05) is 30.1 Å². The molecule has 1 N–H and O–H groups in total. The quantitative estimate of drug-likeness (QED) is 0.289. The molecule has 7 rings (SSSR count). The summed E-state index contributed by atoms with van der Waals surface area (Å²) in [7, 11) is 0. The van der Waals surface area contributed by atoms with E-state index in [1.165, 1.54) is 24.3 Å². The fourth-order valence-corrected chi connectivity index (χ4v) is 6.03. The number of allylic oxidation sites excluding steroid dienone is 2. The Balaban J connectivity index is 1.14.